The van der Waals surface area contributed by atoms with Crippen LogP contribution in [0.15, 0.2) is 4.79 Å². The maximum Gasteiger partial charge on any atom is 0.270 e. The minimum atomic E-state index is -0.440. The molecule has 1 fully saturated rings. The third-order valence-corrected chi connectivity index (χ3v) is 4.52. The van der Waals surface area contributed by atoms with E-state index in [4.69, 9.17) is 4.74 Å². The van der Waals surface area contributed by atoms with Gasteiger partial charge in [-0.2, -0.15) is 0 Å². The maximum atomic E-state index is 14.5. The van der Waals surface area contributed by atoms with Gasteiger partial charge >= 0.3 is 0 Å². The Morgan fingerprint density at radius 3 is 2.95 bits per heavy atom. The molecule has 4 rings (SSSR count). The summed E-state index contributed by atoms with van der Waals surface area (Å²) < 4.78 is 20.1. The normalized spacial score (nSPS) is 17.3. The summed E-state index contributed by atoms with van der Waals surface area (Å²) in [6.07, 6.45) is 2.68. The van der Waals surface area contributed by atoms with Crippen molar-refractivity contribution in [2.45, 2.75) is 30.5 Å². The second kappa shape index (κ2) is 4.28. The highest BCUT2D eigenvalue weighted by molar-refractivity contribution is 9.08. The standard InChI is InChI=1S/C14H12BrFN2O2/c15-5-8-9(16)12-11(7-3-4-20-13(7)8)17-10(6-1-2-6)14(19)18-12/h6H,1-5H2,(H,18,19). The number of hydrogen-bond acceptors (Lipinski definition) is 3. The quantitative estimate of drug-likeness (QED) is 0.856. The van der Waals surface area contributed by atoms with Gasteiger partial charge < -0.3 is 9.72 Å². The number of nitrogens with zero attached hydrogens (tertiary/aromatic N) is 1. The van der Waals surface area contributed by atoms with Gasteiger partial charge in [-0.1, -0.05) is 15.9 Å². The third-order valence-electron chi connectivity index (χ3n) is 3.95. The van der Waals surface area contributed by atoms with E-state index in [9.17, 15) is 9.18 Å². The Morgan fingerprint density at radius 2 is 2.25 bits per heavy atom. The Hall–Kier alpha value is -1.43. The van der Waals surface area contributed by atoms with Crippen LogP contribution in [0.4, 0.5) is 4.39 Å². The van der Waals surface area contributed by atoms with Gasteiger partial charge in [0.15, 0.2) is 5.82 Å². The fourth-order valence-corrected chi connectivity index (χ4v) is 3.30. The Kier molecular flexibility index (Phi) is 2.64. The lowest BCUT2D eigenvalue weighted by atomic mass is 10.0. The van der Waals surface area contributed by atoms with Crippen molar-refractivity contribution in [3.05, 3.63) is 33.0 Å². The Morgan fingerprint density at radius 1 is 1.45 bits per heavy atom. The summed E-state index contributed by atoms with van der Waals surface area (Å²) in [5.74, 6) is 0.387. The van der Waals surface area contributed by atoms with Gasteiger partial charge in [-0.05, 0) is 12.8 Å². The van der Waals surface area contributed by atoms with Crippen molar-refractivity contribution in [1.29, 1.82) is 0 Å². The van der Waals surface area contributed by atoms with Crippen LogP contribution in [0.1, 0.15) is 35.6 Å². The van der Waals surface area contributed by atoms with E-state index in [1.807, 2.05) is 0 Å². The fourth-order valence-electron chi connectivity index (χ4n) is 2.80. The van der Waals surface area contributed by atoms with Crippen LogP contribution in [0, 0.1) is 5.82 Å². The van der Waals surface area contributed by atoms with Crippen molar-refractivity contribution < 1.29 is 9.13 Å². The number of halogens is 2. The molecule has 0 radical (unpaired) electrons. The average Bonchev–Trinajstić information content (AvgIpc) is 3.17. The molecule has 0 amide bonds. The first-order chi connectivity index (χ1) is 9.70. The number of hydrogen-bond donors (Lipinski definition) is 1. The molecule has 2 aliphatic rings. The summed E-state index contributed by atoms with van der Waals surface area (Å²) in [7, 11) is 0. The summed E-state index contributed by atoms with van der Waals surface area (Å²) in [6, 6.07) is 0. The fraction of sp³-hybridized carbons (Fsp3) is 0.429. The summed E-state index contributed by atoms with van der Waals surface area (Å²) >= 11 is 3.28. The van der Waals surface area contributed by atoms with E-state index < -0.39 is 5.82 Å². The minimum Gasteiger partial charge on any atom is -0.492 e. The molecule has 2 aromatic rings. The van der Waals surface area contributed by atoms with Crippen molar-refractivity contribution in [1.82, 2.24) is 9.97 Å². The van der Waals surface area contributed by atoms with E-state index >= 15 is 0 Å². The van der Waals surface area contributed by atoms with Crippen LogP contribution in [0.25, 0.3) is 11.0 Å². The van der Waals surface area contributed by atoms with E-state index in [2.05, 4.69) is 25.9 Å². The van der Waals surface area contributed by atoms with Crippen LogP contribution in [0.5, 0.6) is 5.75 Å². The van der Waals surface area contributed by atoms with Gasteiger partial charge in [0, 0.05) is 28.8 Å². The molecule has 104 valence electrons. The molecule has 1 aliphatic heterocycles. The topological polar surface area (TPSA) is 55.0 Å². The molecule has 1 aliphatic carbocycles. The second-order valence-electron chi connectivity index (χ2n) is 5.28. The average molecular weight is 339 g/mol. The highest BCUT2D eigenvalue weighted by Crippen LogP contribution is 2.41. The smallest absolute Gasteiger partial charge is 0.270 e. The first-order valence-corrected chi connectivity index (χ1v) is 7.78. The molecule has 0 spiro atoms. The van der Waals surface area contributed by atoms with Crippen molar-refractivity contribution in [3.63, 3.8) is 0 Å². The molecule has 0 saturated heterocycles. The van der Waals surface area contributed by atoms with Crippen LogP contribution in [0.2, 0.25) is 0 Å². The number of H-pyrrole nitrogens is 1. The van der Waals surface area contributed by atoms with Gasteiger partial charge in [0.25, 0.3) is 5.56 Å². The predicted molar refractivity (Wildman–Crippen MR) is 76.1 cm³/mol. The molecule has 6 heteroatoms. The van der Waals surface area contributed by atoms with Crippen molar-refractivity contribution in [3.8, 4) is 5.75 Å². The molecule has 4 nitrogen and oxygen atoms in total. The van der Waals surface area contributed by atoms with Gasteiger partial charge in [-0.15, -0.1) is 0 Å². The first kappa shape index (κ1) is 12.3. The maximum absolute atomic E-state index is 14.5. The van der Waals surface area contributed by atoms with Crippen LogP contribution < -0.4 is 10.3 Å². The molecular formula is C14H12BrFN2O2. The number of nitrogens with one attached hydrogen (secondary N) is 1. The van der Waals surface area contributed by atoms with E-state index in [-0.39, 0.29) is 17.0 Å². The molecule has 20 heavy (non-hydrogen) atoms. The van der Waals surface area contributed by atoms with Crippen molar-refractivity contribution >= 4 is 27.0 Å². The molecule has 1 saturated carbocycles. The summed E-state index contributed by atoms with van der Waals surface area (Å²) in [5, 5.41) is 0.351. The zero-order valence-corrected chi connectivity index (χ0v) is 12.2. The Labute approximate surface area is 122 Å². The molecule has 1 aromatic heterocycles. The van der Waals surface area contributed by atoms with Crippen LogP contribution in [-0.2, 0) is 11.8 Å². The van der Waals surface area contributed by atoms with Crippen molar-refractivity contribution in [2.24, 2.45) is 0 Å². The number of alkyl halides is 1. The van der Waals surface area contributed by atoms with Crippen LogP contribution >= 0.6 is 15.9 Å². The molecule has 0 atom stereocenters. The molecule has 0 unspecified atom stereocenters. The molecule has 0 bridgehead atoms. The lowest BCUT2D eigenvalue weighted by Gasteiger charge is -2.11. The summed E-state index contributed by atoms with van der Waals surface area (Å²) in [6.45, 7) is 0.535. The Bertz CT molecular complexity index is 783. The highest BCUT2D eigenvalue weighted by Gasteiger charge is 2.31. The largest absolute Gasteiger partial charge is 0.492 e. The summed E-state index contributed by atoms with van der Waals surface area (Å²) in [4.78, 5) is 19.2. The van der Waals surface area contributed by atoms with Crippen LogP contribution in [-0.4, -0.2) is 16.6 Å². The molecule has 2 heterocycles. The Balaban J connectivity index is 2.11. The van der Waals surface area contributed by atoms with E-state index in [0.717, 1.165) is 18.4 Å². The van der Waals surface area contributed by atoms with E-state index in [1.165, 1.54) is 0 Å². The lowest BCUT2D eigenvalue weighted by molar-refractivity contribution is 0.352. The predicted octanol–water partition coefficient (Wildman–Crippen LogP) is 2.77. The molecule has 1 aromatic carbocycles. The zero-order valence-electron chi connectivity index (χ0n) is 10.6. The van der Waals surface area contributed by atoms with Crippen LogP contribution in [0.3, 0.4) is 0 Å². The number of aromatic amines is 1. The van der Waals surface area contributed by atoms with E-state index in [0.29, 0.717) is 40.9 Å². The number of rotatable bonds is 2. The summed E-state index contributed by atoms with van der Waals surface area (Å²) in [5.41, 5.74) is 2.41. The molecule has 1 N–H and O–H groups in total. The lowest BCUT2D eigenvalue weighted by Crippen LogP contribution is -2.16. The second-order valence-corrected chi connectivity index (χ2v) is 5.84. The van der Waals surface area contributed by atoms with Gasteiger partial charge in [0.2, 0.25) is 0 Å². The zero-order chi connectivity index (χ0) is 13.9. The molecular weight excluding hydrogens is 327 g/mol. The monoisotopic (exact) mass is 338 g/mol. The van der Waals surface area contributed by atoms with E-state index in [1.54, 1.807) is 0 Å². The van der Waals surface area contributed by atoms with Crippen molar-refractivity contribution in [2.75, 3.05) is 6.61 Å². The first-order valence-electron chi connectivity index (χ1n) is 6.66. The minimum absolute atomic E-state index is 0.207. The van der Waals surface area contributed by atoms with Gasteiger partial charge in [-0.3, -0.25) is 4.79 Å². The number of aromatic nitrogens is 2. The number of ether oxygens (including phenoxy) is 1. The third kappa shape index (κ3) is 1.63. The number of benzene rings is 1. The van der Waals surface area contributed by atoms with Gasteiger partial charge in [-0.25, -0.2) is 9.37 Å². The van der Waals surface area contributed by atoms with Gasteiger partial charge in [0.05, 0.1) is 12.1 Å². The van der Waals surface area contributed by atoms with Gasteiger partial charge in [0.1, 0.15) is 17.0 Å². The highest BCUT2D eigenvalue weighted by atomic mass is 79.9. The SMILES string of the molecule is O=c1[nH]c2c(F)c(CBr)c3c(c2nc1C1CC1)CCO3. The number of fused-ring (bicyclic) bond motifs is 3.